The van der Waals surface area contributed by atoms with Crippen LogP contribution in [0.1, 0.15) is 22.8 Å². The molecule has 24 heavy (non-hydrogen) atoms. The summed E-state index contributed by atoms with van der Waals surface area (Å²) in [5.74, 6) is 0.966. The van der Waals surface area contributed by atoms with E-state index in [1.807, 2.05) is 47.0 Å². The molecule has 1 atom stereocenters. The molecular formula is C19H21ClN2OS. The first kappa shape index (κ1) is 17.2. The number of thioether (sulfide) groups is 1. The minimum absolute atomic E-state index is 0.0132. The van der Waals surface area contributed by atoms with Gasteiger partial charge in [-0.3, -0.25) is 0 Å². The van der Waals surface area contributed by atoms with Crippen LogP contribution in [-0.4, -0.2) is 29.8 Å². The maximum atomic E-state index is 12.4. The predicted molar refractivity (Wildman–Crippen MR) is 102 cm³/mol. The third kappa shape index (κ3) is 4.68. The summed E-state index contributed by atoms with van der Waals surface area (Å²) in [5.41, 5.74) is 2.41. The molecule has 0 aliphatic carbocycles. The van der Waals surface area contributed by atoms with E-state index >= 15 is 0 Å². The van der Waals surface area contributed by atoms with E-state index in [0.717, 1.165) is 30.8 Å². The van der Waals surface area contributed by atoms with Crippen molar-refractivity contribution in [3.63, 3.8) is 0 Å². The summed E-state index contributed by atoms with van der Waals surface area (Å²) in [4.78, 5) is 14.3. The van der Waals surface area contributed by atoms with Gasteiger partial charge in [-0.1, -0.05) is 54.1 Å². The number of hydrogen-bond donors (Lipinski definition) is 1. The van der Waals surface area contributed by atoms with Crippen LogP contribution < -0.4 is 5.32 Å². The van der Waals surface area contributed by atoms with Crippen LogP contribution in [0.2, 0.25) is 5.02 Å². The van der Waals surface area contributed by atoms with Crippen molar-refractivity contribution in [2.45, 2.75) is 18.2 Å². The van der Waals surface area contributed by atoms with Crippen molar-refractivity contribution < 1.29 is 4.79 Å². The maximum Gasteiger partial charge on any atom is 0.317 e. The van der Waals surface area contributed by atoms with Gasteiger partial charge in [0, 0.05) is 35.7 Å². The number of rotatable bonds is 3. The summed E-state index contributed by atoms with van der Waals surface area (Å²) in [6.07, 6.45) is 0.989. The number of hydrogen-bond acceptors (Lipinski definition) is 2. The summed E-state index contributed by atoms with van der Waals surface area (Å²) >= 11 is 7.82. The number of nitrogens with zero attached hydrogens (tertiary/aromatic N) is 1. The van der Waals surface area contributed by atoms with Gasteiger partial charge in [-0.05, 0) is 29.7 Å². The lowest BCUT2D eigenvalue weighted by Gasteiger charge is -2.21. The minimum atomic E-state index is 0.0132. The summed E-state index contributed by atoms with van der Waals surface area (Å²) in [5, 5.41) is 4.19. The van der Waals surface area contributed by atoms with Gasteiger partial charge in [0.25, 0.3) is 0 Å². The van der Waals surface area contributed by atoms with Crippen molar-refractivity contribution in [1.29, 1.82) is 0 Å². The summed E-state index contributed by atoms with van der Waals surface area (Å²) in [6.45, 7) is 2.11. The molecule has 1 saturated heterocycles. The van der Waals surface area contributed by atoms with E-state index in [1.54, 1.807) is 0 Å². The highest BCUT2D eigenvalue weighted by molar-refractivity contribution is 7.99. The Morgan fingerprint density at radius 3 is 2.62 bits per heavy atom. The molecule has 0 saturated carbocycles. The van der Waals surface area contributed by atoms with Crippen LogP contribution in [0, 0.1) is 0 Å². The lowest BCUT2D eigenvalue weighted by Crippen LogP contribution is -2.40. The van der Waals surface area contributed by atoms with Crippen molar-refractivity contribution >= 4 is 29.4 Å². The Kier molecular flexibility index (Phi) is 6.05. The average molecular weight is 361 g/mol. The van der Waals surface area contributed by atoms with E-state index in [-0.39, 0.29) is 6.03 Å². The second-order valence-electron chi connectivity index (χ2n) is 5.83. The number of nitrogens with one attached hydrogen (secondary N) is 1. The molecule has 0 spiro atoms. The van der Waals surface area contributed by atoms with Crippen LogP contribution in [0.5, 0.6) is 0 Å². The average Bonchev–Trinajstić information content (AvgIpc) is 2.88. The molecule has 1 N–H and O–H groups in total. The van der Waals surface area contributed by atoms with Gasteiger partial charge in [0.2, 0.25) is 0 Å². The highest BCUT2D eigenvalue weighted by Crippen LogP contribution is 2.34. The summed E-state index contributed by atoms with van der Waals surface area (Å²) in [7, 11) is 0. The molecule has 2 aromatic rings. The minimum Gasteiger partial charge on any atom is -0.334 e. The van der Waals surface area contributed by atoms with Gasteiger partial charge in [0.1, 0.15) is 0 Å². The molecule has 3 rings (SSSR count). The van der Waals surface area contributed by atoms with Crippen LogP contribution in [0.3, 0.4) is 0 Å². The molecule has 1 unspecified atom stereocenters. The van der Waals surface area contributed by atoms with Crippen LogP contribution in [0.4, 0.5) is 4.79 Å². The number of urea groups is 1. The molecular weight excluding hydrogens is 340 g/mol. The molecule has 0 bridgehead atoms. The number of halogens is 1. The van der Waals surface area contributed by atoms with E-state index in [0.29, 0.717) is 16.8 Å². The second-order valence-corrected chi connectivity index (χ2v) is 7.58. The fourth-order valence-electron chi connectivity index (χ4n) is 2.80. The lowest BCUT2D eigenvalue weighted by atomic mass is 10.1. The number of benzene rings is 2. The van der Waals surface area contributed by atoms with Crippen molar-refractivity contribution in [2.24, 2.45) is 0 Å². The first-order chi connectivity index (χ1) is 11.7. The molecule has 5 heteroatoms. The van der Waals surface area contributed by atoms with Crippen molar-refractivity contribution in [3.8, 4) is 0 Å². The standard InChI is InChI=1S/C19H21ClN2OS/c20-17-8-6-15(7-9-17)14-21-19(23)22-11-10-18(24-13-12-22)16-4-2-1-3-5-16/h1-9,18H,10-14H2,(H,21,23). The van der Waals surface area contributed by atoms with E-state index in [9.17, 15) is 4.79 Å². The first-order valence-electron chi connectivity index (χ1n) is 8.16. The fourth-order valence-corrected chi connectivity index (χ4v) is 4.16. The quantitative estimate of drug-likeness (QED) is 0.858. The Hall–Kier alpha value is -1.65. The van der Waals surface area contributed by atoms with E-state index in [2.05, 4.69) is 29.6 Å². The Bertz CT molecular complexity index is 663. The van der Waals surface area contributed by atoms with Gasteiger partial charge in [0.15, 0.2) is 0 Å². The molecule has 2 aromatic carbocycles. The smallest absolute Gasteiger partial charge is 0.317 e. The Balaban J connectivity index is 1.52. The Morgan fingerprint density at radius 2 is 1.88 bits per heavy atom. The zero-order chi connectivity index (χ0) is 16.8. The van der Waals surface area contributed by atoms with Gasteiger partial charge in [-0.2, -0.15) is 11.8 Å². The molecule has 2 amide bonds. The Morgan fingerprint density at radius 1 is 1.12 bits per heavy atom. The zero-order valence-corrected chi connectivity index (χ0v) is 15.0. The third-order valence-corrected chi connectivity index (χ3v) is 5.74. The van der Waals surface area contributed by atoms with Crippen molar-refractivity contribution in [3.05, 3.63) is 70.7 Å². The van der Waals surface area contributed by atoms with Crippen LogP contribution >= 0.6 is 23.4 Å². The van der Waals surface area contributed by atoms with E-state index in [1.165, 1.54) is 5.56 Å². The second kappa shape index (κ2) is 8.45. The van der Waals surface area contributed by atoms with Crippen LogP contribution in [0.15, 0.2) is 54.6 Å². The lowest BCUT2D eigenvalue weighted by molar-refractivity contribution is 0.200. The molecule has 3 nitrogen and oxygen atoms in total. The predicted octanol–water partition coefficient (Wildman–Crippen LogP) is 4.73. The van der Waals surface area contributed by atoms with Gasteiger partial charge >= 0.3 is 6.03 Å². The number of carbonyl (C=O) groups excluding carboxylic acids is 1. The van der Waals surface area contributed by atoms with E-state index in [4.69, 9.17) is 11.6 Å². The molecule has 1 heterocycles. The third-order valence-electron chi connectivity index (χ3n) is 4.16. The van der Waals surface area contributed by atoms with Gasteiger partial charge < -0.3 is 10.2 Å². The molecule has 1 aliphatic rings. The fraction of sp³-hybridized carbons (Fsp3) is 0.316. The topological polar surface area (TPSA) is 32.3 Å². The molecule has 1 fully saturated rings. The van der Waals surface area contributed by atoms with Crippen molar-refractivity contribution in [1.82, 2.24) is 10.2 Å². The normalized spacial score (nSPS) is 18.0. The molecule has 0 radical (unpaired) electrons. The van der Waals surface area contributed by atoms with Crippen LogP contribution in [0.25, 0.3) is 0 Å². The van der Waals surface area contributed by atoms with Crippen LogP contribution in [-0.2, 0) is 6.54 Å². The summed E-state index contributed by atoms with van der Waals surface area (Å²) < 4.78 is 0. The van der Waals surface area contributed by atoms with Gasteiger partial charge in [-0.25, -0.2) is 4.79 Å². The number of carbonyl (C=O) groups is 1. The molecule has 1 aliphatic heterocycles. The van der Waals surface area contributed by atoms with E-state index < -0.39 is 0 Å². The highest BCUT2D eigenvalue weighted by Gasteiger charge is 2.21. The van der Waals surface area contributed by atoms with Crippen molar-refractivity contribution in [2.75, 3.05) is 18.8 Å². The molecule has 0 aromatic heterocycles. The largest absolute Gasteiger partial charge is 0.334 e. The number of amides is 2. The zero-order valence-electron chi connectivity index (χ0n) is 13.5. The summed E-state index contributed by atoms with van der Waals surface area (Å²) in [6, 6.07) is 18.1. The Labute approximate surface area is 152 Å². The molecule has 126 valence electrons. The monoisotopic (exact) mass is 360 g/mol. The highest BCUT2D eigenvalue weighted by atomic mass is 35.5. The first-order valence-corrected chi connectivity index (χ1v) is 9.59. The maximum absolute atomic E-state index is 12.4. The SMILES string of the molecule is O=C(NCc1ccc(Cl)cc1)N1CCSC(c2ccccc2)CC1. The van der Waals surface area contributed by atoms with Gasteiger partial charge in [-0.15, -0.1) is 0 Å². The van der Waals surface area contributed by atoms with Gasteiger partial charge in [0.05, 0.1) is 0 Å².